The van der Waals surface area contributed by atoms with Crippen molar-refractivity contribution in [2.75, 3.05) is 0 Å². The van der Waals surface area contributed by atoms with Gasteiger partial charge in [-0.3, -0.25) is 0 Å². The van der Waals surface area contributed by atoms with Crippen molar-refractivity contribution < 1.29 is 27.3 Å². The summed E-state index contributed by atoms with van der Waals surface area (Å²) in [4.78, 5) is 8.95. The van der Waals surface area contributed by atoms with Gasteiger partial charge in [-0.1, -0.05) is 126 Å². The summed E-state index contributed by atoms with van der Waals surface area (Å²) in [7, 11) is 0. The van der Waals surface area contributed by atoms with E-state index in [0.717, 1.165) is 44.4 Å². The summed E-state index contributed by atoms with van der Waals surface area (Å²) in [6.45, 7) is 0. The van der Waals surface area contributed by atoms with Crippen LogP contribution in [0.3, 0.4) is 0 Å². The van der Waals surface area contributed by atoms with Gasteiger partial charge in [0.25, 0.3) is 0 Å². The van der Waals surface area contributed by atoms with E-state index < -0.39 is 6.37 Å². The minimum atomic E-state index is -1.62. The number of hydrogen-bond acceptors (Lipinski definition) is 3. The van der Waals surface area contributed by atoms with Gasteiger partial charge in [-0.15, -0.1) is 53.6 Å². The minimum absolute atomic E-state index is 0. The van der Waals surface area contributed by atoms with E-state index >= 15 is 0 Å². The van der Waals surface area contributed by atoms with Gasteiger partial charge in [-0.25, -0.2) is 0 Å². The van der Waals surface area contributed by atoms with Crippen LogP contribution in [0.1, 0.15) is 13.9 Å². The minimum Gasteiger partial charge on any atom is -0.501 e. The zero-order chi connectivity index (χ0) is 35.3. The maximum atomic E-state index is 8.75. The smallest absolute Gasteiger partial charge is 0.120 e. The molecule has 4 heteroatoms. The number of aromatic nitrogens is 2. The molecule has 3 heterocycles. The molecule has 0 unspecified atom stereocenters. The number of nitrogens with zero attached hydrogens (tertiary/aromatic N) is 2. The van der Waals surface area contributed by atoms with Crippen LogP contribution in [0, 0.1) is 12.1 Å². The molecular weight excluding hydrogens is 801 g/mol. The van der Waals surface area contributed by atoms with Crippen LogP contribution >= 0.6 is 0 Å². The van der Waals surface area contributed by atoms with E-state index in [9.17, 15) is 0 Å². The van der Waals surface area contributed by atoms with Gasteiger partial charge >= 0.3 is 0 Å². The number of pyridine rings is 2. The molecule has 0 spiro atoms. The Labute approximate surface area is 314 Å². The molecule has 0 N–H and O–H groups in total. The molecule has 0 fully saturated rings. The summed E-state index contributed by atoms with van der Waals surface area (Å²) in [6.07, 6.45) is 1.99. The standard InChI is InChI=1S/C30H20NO.C17H12N.Ir/c1-3-8-21(9-4-1)18-22-14-15-29-27(19-22)25-12-7-13-26(30(25)32-29)28-20-24(16-17-31-28)23-10-5-2-6-11-23;1-2-7-14(8-3-1)15-9-6-10-16(13-15)17-11-4-5-12-18-17;/h1-12,14-17,19-20H,18H2;1-9,11-13H;/q2*-1;/i18D2;;. The largest absolute Gasteiger partial charge is 0.501 e. The Kier molecular flexibility index (Phi) is 9.59. The van der Waals surface area contributed by atoms with Gasteiger partial charge in [0.1, 0.15) is 5.58 Å². The van der Waals surface area contributed by atoms with E-state index in [1.165, 1.54) is 11.1 Å². The fraction of sp³-hybridized carbons (Fsp3) is 0.0213. The van der Waals surface area contributed by atoms with Gasteiger partial charge < -0.3 is 14.4 Å². The van der Waals surface area contributed by atoms with Crippen molar-refractivity contribution >= 4 is 21.9 Å². The first-order valence-corrected chi connectivity index (χ1v) is 16.5. The Balaban J connectivity index is 0.000000194. The Bertz CT molecular complexity index is 2540. The molecule has 0 atom stereocenters. The number of fused-ring (bicyclic) bond motifs is 3. The zero-order valence-electron chi connectivity index (χ0n) is 29.5. The van der Waals surface area contributed by atoms with Gasteiger partial charge in [0.2, 0.25) is 0 Å². The molecule has 1 radical (unpaired) electrons. The molecule has 0 aliphatic rings. The van der Waals surface area contributed by atoms with Crippen LogP contribution in [-0.2, 0) is 26.5 Å². The van der Waals surface area contributed by atoms with Crippen molar-refractivity contribution in [2.45, 2.75) is 6.37 Å². The van der Waals surface area contributed by atoms with Crippen LogP contribution < -0.4 is 0 Å². The molecule has 247 valence electrons. The Morgan fingerprint density at radius 2 is 1.18 bits per heavy atom. The topological polar surface area (TPSA) is 38.9 Å². The Hall–Kier alpha value is -5.93. The van der Waals surface area contributed by atoms with E-state index in [-0.39, 0.29) is 20.1 Å². The first-order chi connectivity index (χ1) is 25.5. The van der Waals surface area contributed by atoms with Crippen molar-refractivity contribution in [2.24, 2.45) is 0 Å². The first kappa shape index (κ1) is 31.1. The zero-order valence-corrected chi connectivity index (χ0v) is 29.9. The second kappa shape index (κ2) is 15.7. The molecule has 0 saturated carbocycles. The van der Waals surface area contributed by atoms with Gasteiger partial charge in [0, 0.05) is 40.6 Å². The predicted octanol–water partition coefficient (Wildman–Crippen LogP) is 11.9. The monoisotopic (exact) mass is 835 g/mol. The van der Waals surface area contributed by atoms with Gasteiger partial charge in [-0.2, -0.15) is 0 Å². The van der Waals surface area contributed by atoms with E-state index in [0.29, 0.717) is 22.3 Å². The fourth-order valence-electron chi connectivity index (χ4n) is 6.02. The van der Waals surface area contributed by atoms with Crippen LogP contribution in [0.5, 0.6) is 0 Å². The second-order valence-electron chi connectivity index (χ2n) is 11.8. The van der Waals surface area contributed by atoms with Crippen molar-refractivity contribution in [3.8, 4) is 44.8 Å². The number of furan rings is 1. The molecule has 3 nitrogen and oxygen atoms in total. The summed E-state index contributed by atoms with van der Waals surface area (Å²) in [5, 5.41) is 1.79. The van der Waals surface area contributed by atoms with E-state index in [2.05, 4.69) is 58.5 Å². The van der Waals surface area contributed by atoms with E-state index in [1.54, 1.807) is 18.5 Å². The maximum Gasteiger partial charge on any atom is 0.120 e. The molecule has 51 heavy (non-hydrogen) atoms. The predicted molar refractivity (Wildman–Crippen MR) is 204 cm³/mol. The van der Waals surface area contributed by atoms with Gasteiger partial charge in [0.15, 0.2) is 0 Å². The summed E-state index contributed by atoms with van der Waals surface area (Å²) < 4.78 is 23.8. The van der Waals surface area contributed by atoms with Crippen molar-refractivity contribution in [1.82, 2.24) is 9.97 Å². The molecular formula is C47H32IrN2O-2. The van der Waals surface area contributed by atoms with E-state index in [1.807, 2.05) is 127 Å². The van der Waals surface area contributed by atoms with Crippen LogP contribution in [-0.4, -0.2) is 9.97 Å². The third kappa shape index (κ3) is 7.64. The number of hydrogen-bond donors (Lipinski definition) is 0. The molecule has 6 aromatic carbocycles. The van der Waals surface area contributed by atoms with Gasteiger partial charge in [-0.05, 0) is 69.8 Å². The molecule has 3 aromatic heterocycles. The molecule has 0 amide bonds. The van der Waals surface area contributed by atoms with Crippen molar-refractivity contribution in [3.05, 3.63) is 206 Å². The number of rotatable bonds is 6. The van der Waals surface area contributed by atoms with Crippen LogP contribution in [0.2, 0.25) is 0 Å². The molecule has 9 rings (SSSR count). The van der Waals surface area contributed by atoms with Crippen molar-refractivity contribution in [1.29, 1.82) is 0 Å². The van der Waals surface area contributed by atoms with Crippen LogP contribution in [0.25, 0.3) is 66.7 Å². The third-order valence-electron chi connectivity index (χ3n) is 8.47. The molecule has 0 aliphatic heterocycles. The third-order valence-corrected chi connectivity index (χ3v) is 8.47. The first-order valence-electron chi connectivity index (χ1n) is 17.5. The molecule has 0 aliphatic carbocycles. The van der Waals surface area contributed by atoms with Crippen LogP contribution in [0.4, 0.5) is 0 Å². The van der Waals surface area contributed by atoms with Crippen LogP contribution in [0.15, 0.2) is 187 Å². The molecule has 0 saturated heterocycles. The second-order valence-corrected chi connectivity index (χ2v) is 11.8. The summed E-state index contributed by atoms with van der Waals surface area (Å²) in [5.74, 6) is 0. The number of benzene rings is 6. The summed E-state index contributed by atoms with van der Waals surface area (Å²) >= 11 is 0. The SMILES string of the molecule is [2H]C([2H])(c1ccccc1)c1ccc2oc3c(-c4cc(-c5ccccc5)ccn4)[c-]ccc3c2c1.[Ir].[c-]1ccc(-c2ccccc2)cc1-c1ccccn1. The van der Waals surface area contributed by atoms with E-state index in [4.69, 9.17) is 7.16 Å². The fourth-order valence-corrected chi connectivity index (χ4v) is 6.02. The van der Waals surface area contributed by atoms with Gasteiger partial charge in [0.05, 0.1) is 5.58 Å². The quantitative estimate of drug-likeness (QED) is 0.157. The normalized spacial score (nSPS) is 11.5. The Morgan fingerprint density at radius 1 is 0.510 bits per heavy atom. The maximum absolute atomic E-state index is 8.75. The average molecular weight is 835 g/mol. The molecule has 0 bridgehead atoms. The summed E-state index contributed by atoms with van der Waals surface area (Å²) in [5.41, 5.74) is 10.8. The Morgan fingerprint density at radius 3 is 1.90 bits per heavy atom. The van der Waals surface area contributed by atoms with Crippen molar-refractivity contribution in [3.63, 3.8) is 0 Å². The molecule has 9 aromatic rings. The average Bonchev–Trinajstić information content (AvgIpc) is 3.61. The summed E-state index contributed by atoms with van der Waals surface area (Å²) in [6, 6.07) is 61.8.